The number of rotatable bonds is 4. The lowest BCUT2D eigenvalue weighted by atomic mass is 10.2. The minimum absolute atomic E-state index is 0.163. The van der Waals surface area contributed by atoms with E-state index in [1.165, 1.54) is 4.40 Å². The Kier molecular flexibility index (Phi) is 4.15. The highest BCUT2D eigenvalue weighted by Crippen LogP contribution is 2.20. The summed E-state index contributed by atoms with van der Waals surface area (Å²) in [7, 11) is 1.59. The van der Waals surface area contributed by atoms with Crippen molar-refractivity contribution < 1.29 is 9.94 Å². The number of fused-ring (bicyclic) bond motifs is 1. The van der Waals surface area contributed by atoms with Gasteiger partial charge in [0, 0.05) is 11.9 Å². The van der Waals surface area contributed by atoms with Gasteiger partial charge in [-0.2, -0.15) is 0 Å². The van der Waals surface area contributed by atoms with Crippen LogP contribution >= 0.6 is 0 Å². The Balaban J connectivity index is 2.15. The van der Waals surface area contributed by atoms with Crippen LogP contribution in [-0.4, -0.2) is 27.9 Å². The van der Waals surface area contributed by atoms with E-state index in [9.17, 15) is 4.79 Å². The van der Waals surface area contributed by atoms with Gasteiger partial charge in [0.05, 0.1) is 13.3 Å². The lowest BCUT2D eigenvalue weighted by Gasteiger charge is -2.11. The van der Waals surface area contributed by atoms with Crippen LogP contribution in [0.1, 0.15) is 11.1 Å². The molecular weight excluding hydrogens is 308 g/mol. The molecule has 2 heterocycles. The second-order valence-corrected chi connectivity index (χ2v) is 5.16. The summed E-state index contributed by atoms with van der Waals surface area (Å²) in [6.45, 7) is 1.87. The van der Waals surface area contributed by atoms with Crippen molar-refractivity contribution in [3.63, 3.8) is 0 Å². The zero-order valence-electron chi connectivity index (χ0n) is 13.2. The molecule has 3 aromatic rings. The number of methoxy groups -OCH3 is 1. The highest BCUT2D eigenvalue weighted by molar-refractivity contribution is 5.87. The predicted octanol–water partition coefficient (Wildman–Crippen LogP) is 2.56. The summed E-state index contributed by atoms with van der Waals surface area (Å²) in [6.07, 6.45) is 2.71. The number of aryl methyl sites for hydroxylation is 1. The summed E-state index contributed by atoms with van der Waals surface area (Å²) < 4.78 is 6.55. The van der Waals surface area contributed by atoms with E-state index in [1.54, 1.807) is 43.6 Å². The maximum Gasteiger partial charge on any atom is 0.269 e. The Morgan fingerprint density at radius 1 is 1.29 bits per heavy atom. The molecule has 24 heavy (non-hydrogen) atoms. The van der Waals surface area contributed by atoms with E-state index in [2.05, 4.69) is 15.5 Å². The molecule has 0 atom stereocenters. The van der Waals surface area contributed by atoms with E-state index in [4.69, 9.17) is 9.94 Å². The second-order valence-electron chi connectivity index (χ2n) is 5.16. The number of anilines is 2. The number of nitrogens with one attached hydrogen (secondary N) is 1. The van der Waals surface area contributed by atoms with Crippen LogP contribution in [0, 0.1) is 6.92 Å². The van der Waals surface area contributed by atoms with Crippen molar-refractivity contribution in [3.05, 3.63) is 64.1 Å². The molecule has 0 bridgehead atoms. The first-order valence-electron chi connectivity index (χ1n) is 7.24. The van der Waals surface area contributed by atoms with Crippen molar-refractivity contribution in [2.45, 2.75) is 6.92 Å². The Bertz CT molecular complexity index is 962. The summed E-state index contributed by atoms with van der Waals surface area (Å²) in [5.74, 6) is 1.04. The summed E-state index contributed by atoms with van der Waals surface area (Å²) in [6, 6.07) is 10.8. The molecule has 0 spiro atoms. The molecule has 0 amide bonds. The lowest BCUT2D eigenvalue weighted by molar-refractivity contribution is 0.322. The SMILES string of the molecule is COc1ccc(Nc2nc3c(C)cccn3c(=O)c2C=NO)cc1. The molecule has 0 saturated carbocycles. The number of hydrogen-bond donors (Lipinski definition) is 2. The fraction of sp³-hybridized carbons (Fsp3) is 0.118. The van der Waals surface area contributed by atoms with Gasteiger partial charge >= 0.3 is 0 Å². The van der Waals surface area contributed by atoms with Gasteiger partial charge in [0.15, 0.2) is 0 Å². The van der Waals surface area contributed by atoms with Crippen LogP contribution in [0.4, 0.5) is 11.5 Å². The molecule has 0 saturated heterocycles. The molecule has 0 unspecified atom stereocenters. The molecule has 3 rings (SSSR count). The smallest absolute Gasteiger partial charge is 0.269 e. The third-order valence-corrected chi connectivity index (χ3v) is 3.62. The Hall–Kier alpha value is -3.35. The average molecular weight is 324 g/mol. The molecule has 7 heteroatoms. The van der Waals surface area contributed by atoms with Crippen LogP contribution in [0.3, 0.4) is 0 Å². The van der Waals surface area contributed by atoms with Crippen LogP contribution in [-0.2, 0) is 0 Å². The largest absolute Gasteiger partial charge is 0.497 e. The van der Waals surface area contributed by atoms with Crippen LogP contribution in [0.2, 0.25) is 0 Å². The highest BCUT2D eigenvalue weighted by Gasteiger charge is 2.13. The Morgan fingerprint density at radius 3 is 2.71 bits per heavy atom. The molecular formula is C17H16N4O3. The van der Waals surface area contributed by atoms with Crippen LogP contribution in [0.15, 0.2) is 52.5 Å². The van der Waals surface area contributed by atoms with Gasteiger partial charge in [0.25, 0.3) is 5.56 Å². The normalized spacial score (nSPS) is 11.1. The summed E-state index contributed by atoms with van der Waals surface area (Å²) in [5.41, 5.74) is 1.97. The number of oxime groups is 1. The van der Waals surface area contributed by atoms with Crippen molar-refractivity contribution in [2.24, 2.45) is 5.16 Å². The quantitative estimate of drug-likeness (QED) is 0.437. The topological polar surface area (TPSA) is 88.2 Å². The lowest BCUT2D eigenvalue weighted by Crippen LogP contribution is -2.22. The minimum Gasteiger partial charge on any atom is -0.497 e. The van der Waals surface area contributed by atoms with Gasteiger partial charge in [0.1, 0.15) is 22.8 Å². The van der Waals surface area contributed by atoms with E-state index in [0.717, 1.165) is 23.2 Å². The van der Waals surface area contributed by atoms with Crippen molar-refractivity contribution >= 4 is 23.4 Å². The van der Waals surface area contributed by atoms with Crippen LogP contribution in [0.25, 0.3) is 5.65 Å². The molecule has 0 fully saturated rings. The Labute approximate surface area is 137 Å². The molecule has 1 aromatic carbocycles. The predicted molar refractivity (Wildman–Crippen MR) is 91.9 cm³/mol. The maximum absolute atomic E-state index is 12.6. The van der Waals surface area contributed by atoms with Gasteiger partial charge in [-0.25, -0.2) is 4.98 Å². The first-order valence-corrected chi connectivity index (χ1v) is 7.24. The maximum atomic E-state index is 12.6. The number of benzene rings is 1. The van der Waals surface area contributed by atoms with Gasteiger partial charge in [-0.15, -0.1) is 0 Å². The third-order valence-electron chi connectivity index (χ3n) is 3.62. The Morgan fingerprint density at radius 2 is 2.04 bits per heavy atom. The van der Waals surface area contributed by atoms with Crippen molar-refractivity contribution in [1.82, 2.24) is 9.38 Å². The fourth-order valence-electron chi connectivity index (χ4n) is 2.39. The van der Waals surface area contributed by atoms with Crippen LogP contribution in [0.5, 0.6) is 5.75 Å². The van der Waals surface area contributed by atoms with Crippen molar-refractivity contribution in [1.29, 1.82) is 0 Å². The number of ether oxygens (including phenoxy) is 1. The number of pyridine rings is 1. The van der Waals surface area contributed by atoms with Crippen LogP contribution < -0.4 is 15.6 Å². The summed E-state index contributed by atoms with van der Waals surface area (Å²) >= 11 is 0. The number of hydrogen-bond acceptors (Lipinski definition) is 6. The van der Waals surface area contributed by atoms with Gasteiger partial charge in [-0.1, -0.05) is 11.2 Å². The third kappa shape index (κ3) is 2.79. The first kappa shape index (κ1) is 15.5. The number of aromatic nitrogens is 2. The minimum atomic E-state index is -0.322. The van der Waals surface area contributed by atoms with Crippen molar-refractivity contribution in [2.75, 3.05) is 12.4 Å². The zero-order chi connectivity index (χ0) is 17.1. The van der Waals surface area contributed by atoms with E-state index in [0.29, 0.717) is 11.5 Å². The zero-order valence-corrected chi connectivity index (χ0v) is 13.2. The van der Waals surface area contributed by atoms with E-state index in [1.807, 2.05) is 13.0 Å². The summed E-state index contributed by atoms with van der Waals surface area (Å²) in [4.78, 5) is 17.2. The number of nitrogens with zero attached hydrogens (tertiary/aromatic N) is 3. The molecule has 122 valence electrons. The monoisotopic (exact) mass is 324 g/mol. The standard InChI is InChI=1S/C17H16N4O3/c1-11-4-3-9-21-16(11)20-15(14(10-18-23)17(21)22)19-12-5-7-13(24-2)8-6-12/h3-10,19,23H,1-2H3. The summed E-state index contributed by atoms with van der Waals surface area (Å²) in [5, 5.41) is 15.0. The first-order chi connectivity index (χ1) is 11.6. The van der Waals surface area contributed by atoms with Gasteiger partial charge < -0.3 is 15.3 Å². The molecule has 7 nitrogen and oxygen atoms in total. The van der Waals surface area contributed by atoms with Gasteiger partial charge in [-0.05, 0) is 42.8 Å². The molecule has 0 aliphatic rings. The van der Waals surface area contributed by atoms with E-state index >= 15 is 0 Å². The van der Waals surface area contributed by atoms with Gasteiger partial charge in [0.2, 0.25) is 0 Å². The van der Waals surface area contributed by atoms with Crippen molar-refractivity contribution in [3.8, 4) is 5.75 Å². The molecule has 0 aliphatic carbocycles. The van der Waals surface area contributed by atoms with E-state index < -0.39 is 0 Å². The van der Waals surface area contributed by atoms with Gasteiger partial charge in [-0.3, -0.25) is 9.20 Å². The molecule has 2 N–H and O–H groups in total. The molecule has 0 radical (unpaired) electrons. The average Bonchev–Trinajstić information content (AvgIpc) is 2.60. The second kappa shape index (κ2) is 6.41. The fourth-order valence-corrected chi connectivity index (χ4v) is 2.39. The molecule has 2 aromatic heterocycles. The highest BCUT2D eigenvalue weighted by atomic mass is 16.5. The van der Waals surface area contributed by atoms with E-state index in [-0.39, 0.29) is 11.1 Å². The molecule has 0 aliphatic heterocycles.